The molecule has 0 aromatic heterocycles. The Hall–Kier alpha value is -2.38. The number of benzene rings is 2. The van der Waals surface area contributed by atoms with Crippen LogP contribution in [0.2, 0.25) is 0 Å². The number of nitrogens with one attached hydrogen (secondary N) is 1. The summed E-state index contributed by atoms with van der Waals surface area (Å²) in [6.45, 7) is 4.60. The SMILES string of the molecule is Cc1ccc(S(=O)(=O)N(CC(=O)NC[C@@H]2CCCO2)c2cccc(C)c2)cc1. The zero-order valence-corrected chi connectivity index (χ0v) is 17.0. The van der Waals surface area contributed by atoms with Gasteiger partial charge in [0.25, 0.3) is 10.0 Å². The number of hydrogen-bond donors (Lipinski definition) is 1. The third kappa shape index (κ3) is 4.91. The molecule has 1 aliphatic rings. The van der Waals surface area contributed by atoms with Crippen LogP contribution in [0, 0.1) is 13.8 Å². The van der Waals surface area contributed by atoms with Crippen LogP contribution in [0.1, 0.15) is 24.0 Å². The van der Waals surface area contributed by atoms with Crippen LogP contribution in [0.25, 0.3) is 0 Å². The standard InChI is InChI=1S/C21H26N2O4S/c1-16-8-10-20(11-9-16)28(25,26)23(18-6-3-5-17(2)13-18)15-21(24)22-14-19-7-4-12-27-19/h3,5-6,8-11,13,19H,4,7,12,14-15H2,1-2H3,(H,22,24)/t19-/m0/s1. The van der Waals surface area contributed by atoms with Crippen molar-refractivity contribution in [3.63, 3.8) is 0 Å². The zero-order chi connectivity index (χ0) is 20.1. The smallest absolute Gasteiger partial charge is 0.264 e. The summed E-state index contributed by atoms with van der Waals surface area (Å²) in [6.07, 6.45) is 1.89. The van der Waals surface area contributed by atoms with Crippen LogP contribution in [0.5, 0.6) is 0 Å². The van der Waals surface area contributed by atoms with Crippen molar-refractivity contribution in [1.29, 1.82) is 0 Å². The Morgan fingerprint density at radius 3 is 2.54 bits per heavy atom. The number of anilines is 1. The highest BCUT2D eigenvalue weighted by atomic mass is 32.2. The molecule has 0 unspecified atom stereocenters. The molecule has 3 rings (SSSR count). The summed E-state index contributed by atoms with van der Waals surface area (Å²) in [5.41, 5.74) is 2.35. The van der Waals surface area contributed by atoms with Gasteiger partial charge in [-0.05, 0) is 56.5 Å². The number of sulfonamides is 1. The molecular weight excluding hydrogens is 376 g/mol. The minimum Gasteiger partial charge on any atom is -0.376 e. The number of nitrogens with zero attached hydrogens (tertiary/aromatic N) is 1. The van der Waals surface area contributed by atoms with Crippen LogP contribution in [-0.2, 0) is 19.6 Å². The summed E-state index contributed by atoms with van der Waals surface area (Å²) in [5.74, 6) is -0.354. The van der Waals surface area contributed by atoms with E-state index in [9.17, 15) is 13.2 Å². The van der Waals surface area contributed by atoms with Gasteiger partial charge in [0.05, 0.1) is 16.7 Å². The molecule has 1 atom stereocenters. The third-order valence-electron chi connectivity index (χ3n) is 4.74. The van der Waals surface area contributed by atoms with Crippen LogP contribution in [-0.4, -0.2) is 40.1 Å². The average Bonchev–Trinajstić information content (AvgIpc) is 3.18. The average molecular weight is 403 g/mol. The number of aryl methyl sites for hydroxylation is 2. The highest BCUT2D eigenvalue weighted by molar-refractivity contribution is 7.92. The van der Waals surface area contributed by atoms with Gasteiger partial charge in [-0.2, -0.15) is 0 Å². The molecule has 0 saturated carbocycles. The minimum absolute atomic E-state index is 0.00470. The first kappa shape index (κ1) is 20.4. The maximum Gasteiger partial charge on any atom is 0.264 e. The van der Waals surface area contributed by atoms with Crippen molar-refractivity contribution in [1.82, 2.24) is 5.32 Å². The van der Waals surface area contributed by atoms with E-state index in [0.717, 1.165) is 28.3 Å². The molecule has 2 aromatic rings. The van der Waals surface area contributed by atoms with Gasteiger partial charge in [0.15, 0.2) is 0 Å². The molecule has 0 spiro atoms. The number of ether oxygens (including phenoxy) is 1. The first-order valence-corrected chi connectivity index (χ1v) is 10.8. The molecule has 0 aliphatic carbocycles. The Labute approximate surface area is 166 Å². The third-order valence-corrected chi connectivity index (χ3v) is 6.52. The molecule has 28 heavy (non-hydrogen) atoms. The topological polar surface area (TPSA) is 75.7 Å². The molecule has 0 radical (unpaired) electrons. The van der Waals surface area contributed by atoms with Crippen molar-refractivity contribution in [2.45, 2.75) is 37.7 Å². The summed E-state index contributed by atoms with van der Waals surface area (Å²) in [6, 6.07) is 13.8. The van der Waals surface area contributed by atoms with Gasteiger partial charge in [-0.1, -0.05) is 29.8 Å². The van der Waals surface area contributed by atoms with Crippen LogP contribution >= 0.6 is 0 Å². The lowest BCUT2D eigenvalue weighted by molar-refractivity contribution is -0.120. The van der Waals surface area contributed by atoms with Gasteiger partial charge in [0.1, 0.15) is 6.54 Å². The lowest BCUT2D eigenvalue weighted by Gasteiger charge is -2.25. The molecule has 1 heterocycles. The summed E-state index contributed by atoms with van der Waals surface area (Å²) in [5, 5.41) is 2.80. The van der Waals surface area contributed by atoms with Gasteiger partial charge < -0.3 is 10.1 Å². The normalized spacial score (nSPS) is 16.7. The van der Waals surface area contributed by atoms with Gasteiger partial charge in [-0.15, -0.1) is 0 Å². The van der Waals surface area contributed by atoms with E-state index >= 15 is 0 Å². The van der Waals surface area contributed by atoms with Crippen LogP contribution in [0.15, 0.2) is 53.4 Å². The first-order chi connectivity index (χ1) is 13.4. The largest absolute Gasteiger partial charge is 0.376 e. The van der Waals surface area contributed by atoms with Gasteiger partial charge in [-0.3, -0.25) is 9.10 Å². The number of carbonyl (C=O) groups excluding carboxylic acids is 1. The van der Waals surface area contributed by atoms with Crippen molar-refractivity contribution in [2.75, 3.05) is 24.0 Å². The Bertz CT molecular complexity index is 920. The van der Waals surface area contributed by atoms with Crippen molar-refractivity contribution >= 4 is 21.6 Å². The fraction of sp³-hybridized carbons (Fsp3) is 0.381. The molecule has 1 aliphatic heterocycles. The maximum atomic E-state index is 13.3. The van der Waals surface area contributed by atoms with Crippen molar-refractivity contribution in [3.05, 3.63) is 59.7 Å². The van der Waals surface area contributed by atoms with E-state index in [1.165, 1.54) is 0 Å². The van der Waals surface area contributed by atoms with Crippen molar-refractivity contribution in [2.24, 2.45) is 0 Å². The second-order valence-electron chi connectivity index (χ2n) is 7.10. The van der Waals surface area contributed by atoms with E-state index in [1.54, 1.807) is 42.5 Å². The zero-order valence-electron chi connectivity index (χ0n) is 16.2. The van der Waals surface area contributed by atoms with Gasteiger partial charge in [-0.25, -0.2) is 8.42 Å². The van der Waals surface area contributed by atoms with E-state index in [0.29, 0.717) is 18.8 Å². The fourth-order valence-electron chi connectivity index (χ4n) is 3.15. The number of rotatable bonds is 7. The maximum absolute atomic E-state index is 13.3. The van der Waals surface area contributed by atoms with E-state index in [2.05, 4.69) is 5.32 Å². The Kier molecular flexibility index (Phi) is 6.36. The Morgan fingerprint density at radius 1 is 1.14 bits per heavy atom. The molecule has 7 heteroatoms. The minimum atomic E-state index is -3.88. The fourth-order valence-corrected chi connectivity index (χ4v) is 4.57. The van der Waals surface area contributed by atoms with E-state index in [1.807, 2.05) is 19.9 Å². The summed E-state index contributed by atoms with van der Waals surface area (Å²) in [7, 11) is -3.88. The van der Waals surface area contributed by atoms with Crippen molar-refractivity contribution < 1.29 is 17.9 Å². The van der Waals surface area contributed by atoms with E-state index < -0.39 is 10.0 Å². The second kappa shape index (κ2) is 8.75. The predicted octanol–water partition coefficient (Wildman–Crippen LogP) is 2.79. The highest BCUT2D eigenvalue weighted by Gasteiger charge is 2.27. The van der Waals surface area contributed by atoms with Crippen LogP contribution in [0.3, 0.4) is 0 Å². The number of amides is 1. The molecule has 2 aromatic carbocycles. The molecular formula is C21H26N2O4S. The number of carbonyl (C=O) groups is 1. The molecule has 1 N–H and O–H groups in total. The monoisotopic (exact) mass is 402 g/mol. The Morgan fingerprint density at radius 2 is 1.89 bits per heavy atom. The molecule has 1 amide bonds. The van der Waals surface area contributed by atoms with Crippen LogP contribution in [0.4, 0.5) is 5.69 Å². The van der Waals surface area contributed by atoms with Gasteiger partial charge in [0, 0.05) is 13.2 Å². The Balaban J connectivity index is 1.84. The first-order valence-electron chi connectivity index (χ1n) is 9.40. The molecule has 1 saturated heterocycles. The predicted molar refractivity (Wildman–Crippen MR) is 109 cm³/mol. The highest BCUT2D eigenvalue weighted by Crippen LogP contribution is 2.24. The lowest BCUT2D eigenvalue weighted by Crippen LogP contribution is -2.42. The quantitative estimate of drug-likeness (QED) is 0.773. The van der Waals surface area contributed by atoms with E-state index in [4.69, 9.17) is 4.74 Å². The molecule has 150 valence electrons. The van der Waals surface area contributed by atoms with Gasteiger partial charge >= 0.3 is 0 Å². The van der Waals surface area contributed by atoms with Gasteiger partial charge in [0.2, 0.25) is 5.91 Å². The van der Waals surface area contributed by atoms with E-state index in [-0.39, 0.29) is 23.5 Å². The van der Waals surface area contributed by atoms with Crippen molar-refractivity contribution in [3.8, 4) is 0 Å². The second-order valence-corrected chi connectivity index (χ2v) is 8.97. The summed E-state index contributed by atoms with van der Waals surface area (Å²) in [4.78, 5) is 12.7. The summed E-state index contributed by atoms with van der Waals surface area (Å²) >= 11 is 0. The molecule has 1 fully saturated rings. The lowest BCUT2D eigenvalue weighted by atomic mass is 10.2. The molecule has 0 bridgehead atoms. The summed E-state index contributed by atoms with van der Waals surface area (Å²) < 4.78 is 33.2. The molecule has 6 nitrogen and oxygen atoms in total. The van der Waals surface area contributed by atoms with Crippen LogP contribution < -0.4 is 9.62 Å². The number of hydrogen-bond acceptors (Lipinski definition) is 4.